The molecule has 0 aromatic rings. The Morgan fingerprint density at radius 3 is 2.58 bits per heavy atom. The molecule has 0 saturated carbocycles. The van der Waals surface area contributed by atoms with Crippen molar-refractivity contribution in [1.82, 2.24) is 10.2 Å². The van der Waals surface area contributed by atoms with E-state index < -0.39 is 0 Å². The Balaban J connectivity index is 2.09. The monoisotopic (exact) mass is 168 g/mol. The van der Waals surface area contributed by atoms with E-state index in [-0.39, 0.29) is 0 Å². The molecule has 0 aliphatic carbocycles. The van der Waals surface area contributed by atoms with Crippen LogP contribution in [0.2, 0.25) is 0 Å². The predicted octanol–water partition coefficient (Wildman–Crippen LogP) is 1.25. The summed E-state index contributed by atoms with van der Waals surface area (Å²) in [6.45, 7) is 10.3. The van der Waals surface area contributed by atoms with E-state index in [9.17, 15) is 0 Å². The molecule has 1 heterocycles. The summed E-state index contributed by atoms with van der Waals surface area (Å²) >= 11 is 0. The van der Waals surface area contributed by atoms with Gasteiger partial charge in [0.2, 0.25) is 0 Å². The zero-order valence-electron chi connectivity index (χ0n) is 8.27. The molecule has 1 N–H and O–H groups in total. The first-order valence-electron chi connectivity index (χ1n) is 4.85. The molecule has 1 aliphatic rings. The van der Waals surface area contributed by atoms with Crippen LogP contribution < -0.4 is 5.32 Å². The van der Waals surface area contributed by atoms with E-state index in [1.54, 1.807) is 0 Å². The summed E-state index contributed by atoms with van der Waals surface area (Å²) in [5, 5.41) is 3.36. The fourth-order valence-electron chi connectivity index (χ4n) is 1.47. The molecule has 1 saturated heterocycles. The Morgan fingerprint density at radius 1 is 1.33 bits per heavy atom. The third-order valence-electron chi connectivity index (χ3n) is 2.21. The summed E-state index contributed by atoms with van der Waals surface area (Å²) in [6, 6.07) is 0. The highest BCUT2D eigenvalue weighted by molar-refractivity contribution is 4.93. The smallest absolute Gasteiger partial charge is 0.0107 e. The molecule has 0 aromatic carbocycles. The second-order valence-electron chi connectivity index (χ2n) is 3.66. The van der Waals surface area contributed by atoms with Crippen LogP contribution in [0.3, 0.4) is 0 Å². The Labute approximate surface area is 75.6 Å². The molecule has 0 atom stereocenters. The average molecular weight is 168 g/mol. The van der Waals surface area contributed by atoms with E-state index in [4.69, 9.17) is 0 Å². The maximum absolute atomic E-state index is 3.36. The van der Waals surface area contributed by atoms with E-state index in [1.807, 2.05) is 0 Å². The van der Waals surface area contributed by atoms with Gasteiger partial charge in [-0.1, -0.05) is 11.6 Å². The number of nitrogens with zero attached hydrogens (tertiary/aromatic N) is 1. The number of hydrogen-bond acceptors (Lipinski definition) is 2. The minimum Gasteiger partial charge on any atom is -0.314 e. The van der Waals surface area contributed by atoms with E-state index in [0.717, 1.165) is 13.1 Å². The van der Waals surface area contributed by atoms with Gasteiger partial charge in [-0.2, -0.15) is 0 Å². The molecule has 0 bridgehead atoms. The molecule has 0 amide bonds. The van der Waals surface area contributed by atoms with Gasteiger partial charge < -0.3 is 10.2 Å². The van der Waals surface area contributed by atoms with E-state index >= 15 is 0 Å². The van der Waals surface area contributed by atoms with E-state index in [0.29, 0.717) is 0 Å². The van der Waals surface area contributed by atoms with Gasteiger partial charge in [0.25, 0.3) is 0 Å². The second-order valence-corrected chi connectivity index (χ2v) is 3.66. The maximum atomic E-state index is 3.36. The number of rotatable bonds is 3. The first kappa shape index (κ1) is 9.75. The lowest BCUT2D eigenvalue weighted by molar-refractivity contribution is 0.245. The molecular formula is C10H20N2. The second kappa shape index (κ2) is 5.33. The first-order valence-corrected chi connectivity index (χ1v) is 4.85. The Hall–Kier alpha value is -0.340. The Morgan fingerprint density at radius 2 is 2.00 bits per heavy atom. The molecule has 0 aromatic heterocycles. The van der Waals surface area contributed by atoms with E-state index in [2.05, 4.69) is 30.1 Å². The zero-order chi connectivity index (χ0) is 8.81. The fraction of sp³-hybridized carbons (Fsp3) is 0.800. The van der Waals surface area contributed by atoms with Crippen LogP contribution in [0.25, 0.3) is 0 Å². The number of allylic oxidation sites excluding steroid dienone is 1. The highest BCUT2D eigenvalue weighted by Gasteiger charge is 2.06. The Kier molecular flexibility index (Phi) is 4.33. The molecule has 2 heteroatoms. The summed E-state index contributed by atoms with van der Waals surface area (Å²) in [7, 11) is 0. The molecule has 1 fully saturated rings. The highest BCUT2D eigenvalue weighted by Crippen LogP contribution is 1.97. The van der Waals surface area contributed by atoms with Crippen LogP contribution in [0.5, 0.6) is 0 Å². The van der Waals surface area contributed by atoms with Crippen LogP contribution in [0, 0.1) is 0 Å². The van der Waals surface area contributed by atoms with Crippen molar-refractivity contribution >= 4 is 0 Å². The zero-order valence-corrected chi connectivity index (χ0v) is 8.27. The molecular weight excluding hydrogens is 148 g/mol. The van der Waals surface area contributed by atoms with Crippen molar-refractivity contribution in [2.75, 3.05) is 32.7 Å². The standard InChI is InChI=1S/C10H20N2/c1-10(2)4-3-7-12-8-5-11-6-9-12/h4,11H,3,5-9H2,1-2H3. The number of hydrogen-bond donors (Lipinski definition) is 1. The fourth-order valence-corrected chi connectivity index (χ4v) is 1.47. The number of nitrogens with one attached hydrogen (secondary N) is 1. The van der Waals surface area contributed by atoms with Crippen LogP contribution >= 0.6 is 0 Å². The quantitative estimate of drug-likeness (QED) is 0.638. The van der Waals surface area contributed by atoms with Crippen molar-refractivity contribution in [2.45, 2.75) is 20.3 Å². The SMILES string of the molecule is CC(C)=CCCN1CCNCC1. The summed E-state index contributed by atoms with van der Waals surface area (Å²) in [5.41, 5.74) is 1.44. The largest absolute Gasteiger partial charge is 0.314 e. The van der Waals surface area contributed by atoms with Gasteiger partial charge in [0.15, 0.2) is 0 Å². The van der Waals surface area contributed by atoms with Gasteiger partial charge in [0.05, 0.1) is 0 Å². The molecule has 12 heavy (non-hydrogen) atoms. The lowest BCUT2D eigenvalue weighted by Crippen LogP contribution is -2.43. The van der Waals surface area contributed by atoms with Gasteiger partial charge >= 0.3 is 0 Å². The summed E-state index contributed by atoms with van der Waals surface area (Å²) < 4.78 is 0. The molecule has 1 rings (SSSR count). The predicted molar refractivity (Wildman–Crippen MR) is 53.4 cm³/mol. The van der Waals surface area contributed by atoms with Crippen molar-refractivity contribution in [3.63, 3.8) is 0 Å². The summed E-state index contributed by atoms with van der Waals surface area (Å²) in [4.78, 5) is 2.52. The summed E-state index contributed by atoms with van der Waals surface area (Å²) in [5.74, 6) is 0. The van der Waals surface area contributed by atoms with Crippen molar-refractivity contribution in [1.29, 1.82) is 0 Å². The number of piperazine rings is 1. The van der Waals surface area contributed by atoms with Crippen LogP contribution in [0.15, 0.2) is 11.6 Å². The maximum Gasteiger partial charge on any atom is 0.0107 e. The van der Waals surface area contributed by atoms with Gasteiger partial charge in [0, 0.05) is 32.7 Å². The Bertz CT molecular complexity index is 142. The van der Waals surface area contributed by atoms with Gasteiger partial charge in [-0.25, -0.2) is 0 Å². The molecule has 2 nitrogen and oxygen atoms in total. The minimum absolute atomic E-state index is 1.16. The average Bonchev–Trinajstić information content (AvgIpc) is 2.05. The van der Waals surface area contributed by atoms with Crippen molar-refractivity contribution in [3.8, 4) is 0 Å². The first-order chi connectivity index (χ1) is 5.79. The van der Waals surface area contributed by atoms with Crippen LogP contribution in [-0.2, 0) is 0 Å². The molecule has 70 valence electrons. The minimum atomic E-state index is 1.16. The molecule has 1 aliphatic heterocycles. The van der Waals surface area contributed by atoms with Gasteiger partial charge in [0.1, 0.15) is 0 Å². The van der Waals surface area contributed by atoms with Gasteiger partial charge in [-0.15, -0.1) is 0 Å². The lowest BCUT2D eigenvalue weighted by atomic mass is 10.2. The molecule has 0 radical (unpaired) electrons. The van der Waals surface area contributed by atoms with Gasteiger partial charge in [-0.3, -0.25) is 0 Å². The van der Waals surface area contributed by atoms with Crippen LogP contribution in [0.1, 0.15) is 20.3 Å². The molecule has 0 spiro atoms. The third-order valence-corrected chi connectivity index (χ3v) is 2.21. The van der Waals surface area contributed by atoms with Crippen molar-refractivity contribution in [2.24, 2.45) is 0 Å². The molecule has 0 unspecified atom stereocenters. The normalized spacial score (nSPS) is 19.2. The lowest BCUT2D eigenvalue weighted by Gasteiger charge is -2.26. The topological polar surface area (TPSA) is 15.3 Å². The van der Waals surface area contributed by atoms with Crippen molar-refractivity contribution in [3.05, 3.63) is 11.6 Å². The van der Waals surface area contributed by atoms with Crippen LogP contribution in [-0.4, -0.2) is 37.6 Å². The highest BCUT2D eigenvalue weighted by atomic mass is 15.2. The third kappa shape index (κ3) is 3.88. The summed E-state index contributed by atoms with van der Waals surface area (Å²) in [6.07, 6.45) is 3.53. The van der Waals surface area contributed by atoms with Crippen molar-refractivity contribution < 1.29 is 0 Å². The van der Waals surface area contributed by atoms with Crippen LogP contribution in [0.4, 0.5) is 0 Å². The van der Waals surface area contributed by atoms with E-state index in [1.165, 1.54) is 31.6 Å². The van der Waals surface area contributed by atoms with Gasteiger partial charge in [-0.05, 0) is 20.3 Å².